The van der Waals surface area contributed by atoms with E-state index in [1.807, 2.05) is 19.1 Å². The molecule has 1 fully saturated rings. The summed E-state index contributed by atoms with van der Waals surface area (Å²) in [5, 5.41) is 11.6. The smallest absolute Gasteiger partial charge is 0.273 e. The fraction of sp³-hybridized carbons (Fsp3) is 0.438. The lowest BCUT2D eigenvalue weighted by Crippen LogP contribution is -2.33. The van der Waals surface area contributed by atoms with Crippen LogP contribution in [0.2, 0.25) is 5.02 Å². The second-order valence-corrected chi connectivity index (χ2v) is 6.16. The Balaban J connectivity index is 1.65. The van der Waals surface area contributed by atoms with E-state index in [0.29, 0.717) is 23.0 Å². The van der Waals surface area contributed by atoms with Crippen molar-refractivity contribution in [1.82, 2.24) is 25.2 Å². The molecule has 122 valence electrons. The lowest BCUT2D eigenvalue weighted by molar-refractivity contribution is 0.0944. The van der Waals surface area contributed by atoms with E-state index in [9.17, 15) is 4.79 Å². The maximum absolute atomic E-state index is 12.3. The number of carbonyl (C=O) groups excluding carboxylic acids is 1. The summed E-state index contributed by atoms with van der Waals surface area (Å²) in [4.78, 5) is 14.6. The summed E-state index contributed by atoms with van der Waals surface area (Å²) in [6, 6.07) is 7.30. The molecule has 1 aliphatic rings. The summed E-state index contributed by atoms with van der Waals surface area (Å²) in [5.74, 6) is -0.185. The van der Waals surface area contributed by atoms with Gasteiger partial charge in [-0.05, 0) is 51.1 Å². The molecule has 0 aliphatic carbocycles. The largest absolute Gasteiger partial charge is 0.349 e. The fourth-order valence-electron chi connectivity index (χ4n) is 2.81. The molecular formula is C16H20ClN5O. The summed E-state index contributed by atoms with van der Waals surface area (Å²) >= 11 is 6.00. The van der Waals surface area contributed by atoms with Crippen LogP contribution in [0.4, 0.5) is 0 Å². The van der Waals surface area contributed by atoms with Crippen LogP contribution in [0.5, 0.6) is 0 Å². The van der Waals surface area contributed by atoms with Crippen molar-refractivity contribution in [3.05, 3.63) is 40.7 Å². The van der Waals surface area contributed by atoms with Gasteiger partial charge in [0.1, 0.15) is 0 Å². The number of hydrogen-bond acceptors (Lipinski definition) is 4. The molecular weight excluding hydrogens is 314 g/mol. The van der Waals surface area contributed by atoms with E-state index >= 15 is 0 Å². The molecule has 1 amide bonds. The standard InChI is InChI=1S/C16H20ClN5O/c1-12-15(16(23)18-7-10-21-8-2-3-9-21)19-20-22(12)14-6-4-5-13(17)11-14/h4-6,11H,2-3,7-10H2,1H3,(H,18,23). The highest BCUT2D eigenvalue weighted by molar-refractivity contribution is 6.30. The number of amides is 1. The minimum absolute atomic E-state index is 0.185. The number of hydrogen-bond donors (Lipinski definition) is 1. The Morgan fingerprint density at radius 1 is 1.35 bits per heavy atom. The van der Waals surface area contributed by atoms with Crippen molar-refractivity contribution in [3.8, 4) is 5.69 Å². The number of carbonyl (C=O) groups is 1. The lowest BCUT2D eigenvalue weighted by Gasteiger charge is -2.14. The van der Waals surface area contributed by atoms with E-state index in [4.69, 9.17) is 11.6 Å². The van der Waals surface area contributed by atoms with Crippen LogP contribution in [-0.2, 0) is 0 Å². The first kappa shape index (κ1) is 16.0. The molecule has 0 atom stereocenters. The predicted molar refractivity (Wildman–Crippen MR) is 89.1 cm³/mol. The summed E-state index contributed by atoms with van der Waals surface area (Å²) in [5.41, 5.74) is 1.84. The van der Waals surface area contributed by atoms with Gasteiger partial charge in [-0.2, -0.15) is 0 Å². The summed E-state index contributed by atoms with van der Waals surface area (Å²) < 4.78 is 1.63. The fourth-order valence-corrected chi connectivity index (χ4v) is 2.99. The van der Waals surface area contributed by atoms with Gasteiger partial charge < -0.3 is 10.2 Å². The third-order valence-electron chi connectivity index (χ3n) is 4.07. The summed E-state index contributed by atoms with van der Waals surface area (Å²) in [6.07, 6.45) is 2.50. The predicted octanol–water partition coefficient (Wildman–Crippen LogP) is 2.05. The third kappa shape index (κ3) is 3.71. The summed E-state index contributed by atoms with van der Waals surface area (Å²) in [7, 11) is 0. The Morgan fingerprint density at radius 2 is 2.13 bits per heavy atom. The van der Waals surface area contributed by atoms with Gasteiger partial charge in [0, 0.05) is 18.1 Å². The minimum Gasteiger partial charge on any atom is -0.349 e. The van der Waals surface area contributed by atoms with Gasteiger partial charge in [-0.15, -0.1) is 5.10 Å². The Labute approximate surface area is 140 Å². The van der Waals surface area contributed by atoms with Crippen molar-refractivity contribution in [2.45, 2.75) is 19.8 Å². The second-order valence-electron chi connectivity index (χ2n) is 5.72. The Hall–Kier alpha value is -1.92. The maximum atomic E-state index is 12.3. The van der Waals surface area contributed by atoms with Gasteiger partial charge in [0.05, 0.1) is 11.4 Å². The molecule has 0 bridgehead atoms. The normalized spacial score (nSPS) is 15.0. The molecule has 0 radical (unpaired) electrons. The SMILES string of the molecule is Cc1c(C(=O)NCCN2CCCC2)nnn1-c1cccc(Cl)c1. The molecule has 7 heteroatoms. The zero-order valence-electron chi connectivity index (χ0n) is 13.1. The highest BCUT2D eigenvalue weighted by atomic mass is 35.5. The molecule has 6 nitrogen and oxygen atoms in total. The number of nitrogens with one attached hydrogen (secondary N) is 1. The van der Waals surface area contributed by atoms with Crippen molar-refractivity contribution in [3.63, 3.8) is 0 Å². The number of likely N-dealkylation sites (tertiary alicyclic amines) is 1. The second kappa shape index (κ2) is 7.10. The number of halogens is 1. The molecule has 3 rings (SSSR count). The lowest BCUT2D eigenvalue weighted by atomic mass is 10.3. The van der Waals surface area contributed by atoms with Crippen LogP contribution >= 0.6 is 11.6 Å². The van der Waals surface area contributed by atoms with Crippen molar-refractivity contribution in [2.75, 3.05) is 26.2 Å². The highest BCUT2D eigenvalue weighted by Gasteiger charge is 2.18. The van der Waals surface area contributed by atoms with E-state index in [1.165, 1.54) is 12.8 Å². The van der Waals surface area contributed by atoms with Gasteiger partial charge in [-0.3, -0.25) is 4.79 Å². The molecule has 2 aromatic rings. The Morgan fingerprint density at radius 3 is 2.87 bits per heavy atom. The van der Waals surface area contributed by atoms with E-state index in [-0.39, 0.29) is 5.91 Å². The molecule has 23 heavy (non-hydrogen) atoms. The van der Waals surface area contributed by atoms with Gasteiger partial charge in [-0.1, -0.05) is 22.9 Å². The monoisotopic (exact) mass is 333 g/mol. The van der Waals surface area contributed by atoms with Crippen molar-refractivity contribution >= 4 is 17.5 Å². The first-order valence-electron chi connectivity index (χ1n) is 7.84. The van der Waals surface area contributed by atoms with E-state index < -0.39 is 0 Å². The molecule has 1 aromatic carbocycles. The van der Waals surface area contributed by atoms with Gasteiger partial charge in [0.2, 0.25) is 0 Å². The van der Waals surface area contributed by atoms with Crippen molar-refractivity contribution in [1.29, 1.82) is 0 Å². The summed E-state index contributed by atoms with van der Waals surface area (Å²) in [6.45, 7) is 5.59. The molecule has 1 aliphatic heterocycles. The first-order valence-corrected chi connectivity index (χ1v) is 8.22. The minimum atomic E-state index is -0.185. The van der Waals surface area contributed by atoms with Crippen LogP contribution in [0.3, 0.4) is 0 Å². The zero-order chi connectivity index (χ0) is 16.2. The topological polar surface area (TPSA) is 63.1 Å². The number of aromatic nitrogens is 3. The molecule has 2 heterocycles. The van der Waals surface area contributed by atoms with Crippen LogP contribution in [0.25, 0.3) is 5.69 Å². The van der Waals surface area contributed by atoms with Crippen LogP contribution in [0.1, 0.15) is 29.0 Å². The molecule has 0 saturated carbocycles. The maximum Gasteiger partial charge on any atom is 0.273 e. The third-order valence-corrected chi connectivity index (χ3v) is 4.31. The molecule has 1 aromatic heterocycles. The van der Waals surface area contributed by atoms with Gasteiger partial charge in [-0.25, -0.2) is 4.68 Å². The quantitative estimate of drug-likeness (QED) is 0.909. The van der Waals surface area contributed by atoms with Gasteiger partial charge in [0.15, 0.2) is 5.69 Å². The van der Waals surface area contributed by atoms with Crippen LogP contribution in [-0.4, -0.2) is 52.0 Å². The van der Waals surface area contributed by atoms with Gasteiger partial charge in [0.25, 0.3) is 5.91 Å². The zero-order valence-corrected chi connectivity index (χ0v) is 13.9. The van der Waals surface area contributed by atoms with E-state index in [1.54, 1.807) is 16.8 Å². The van der Waals surface area contributed by atoms with Crippen LogP contribution < -0.4 is 5.32 Å². The van der Waals surface area contributed by atoms with Crippen LogP contribution in [0.15, 0.2) is 24.3 Å². The van der Waals surface area contributed by atoms with Gasteiger partial charge >= 0.3 is 0 Å². The van der Waals surface area contributed by atoms with Crippen LogP contribution in [0, 0.1) is 6.92 Å². The molecule has 0 unspecified atom stereocenters. The Kier molecular flexibility index (Phi) is 4.93. The van der Waals surface area contributed by atoms with E-state index in [0.717, 1.165) is 25.3 Å². The first-order chi connectivity index (χ1) is 11.1. The number of rotatable bonds is 5. The van der Waals surface area contributed by atoms with E-state index in [2.05, 4.69) is 20.5 Å². The molecule has 1 N–H and O–H groups in total. The van der Waals surface area contributed by atoms with Crippen molar-refractivity contribution in [2.24, 2.45) is 0 Å². The average molecular weight is 334 g/mol. The van der Waals surface area contributed by atoms with Crippen molar-refractivity contribution < 1.29 is 4.79 Å². The Bertz CT molecular complexity index is 694. The molecule has 0 spiro atoms. The molecule has 1 saturated heterocycles. The average Bonchev–Trinajstić information content (AvgIpc) is 3.17. The number of nitrogens with zero attached hydrogens (tertiary/aromatic N) is 4. The number of benzene rings is 1. The highest BCUT2D eigenvalue weighted by Crippen LogP contribution is 2.16.